The van der Waals surface area contributed by atoms with Crippen molar-refractivity contribution in [2.24, 2.45) is 11.8 Å². The lowest BCUT2D eigenvalue weighted by Gasteiger charge is -2.26. The molecule has 2 nitrogen and oxygen atoms in total. The van der Waals surface area contributed by atoms with E-state index in [9.17, 15) is 4.79 Å². The van der Waals surface area contributed by atoms with Crippen LogP contribution < -0.4 is 5.32 Å². The van der Waals surface area contributed by atoms with Crippen molar-refractivity contribution >= 4 is 17.5 Å². The predicted molar refractivity (Wildman–Crippen MR) is 84.1 cm³/mol. The molecule has 0 radical (unpaired) electrons. The molecule has 1 saturated carbocycles. The Hall–Kier alpha value is -1.02. The number of rotatable bonds is 5. The van der Waals surface area contributed by atoms with Crippen LogP contribution in [0.15, 0.2) is 24.3 Å². The van der Waals surface area contributed by atoms with Crippen molar-refractivity contribution in [3.05, 3.63) is 35.4 Å². The van der Waals surface area contributed by atoms with Crippen LogP contribution in [0.5, 0.6) is 0 Å². The molecular formula is C17H24ClNO. The number of benzene rings is 1. The molecule has 1 amide bonds. The van der Waals surface area contributed by atoms with Crippen LogP contribution in [0.25, 0.3) is 0 Å². The summed E-state index contributed by atoms with van der Waals surface area (Å²) in [5.74, 6) is 2.15. The number of nitrogens with one attached hydrogen (secondary N) is 1. The number of hydrogen-bond acceptors (Lipinski definition) is 1. The van der Waals surface area contributed by atoms with E-state index < -0.39 is 0 Å². The van der Waals surface area contributed by atoms with Gasteiger partial charge in [-0.1, -0.05) is 38.3 Å². The van der Waals surface area contributed by atoms with Crippen molar-refractivity contribution in [1.82, 2.24) is 5.32 Å². The Morgan fingerprint density at radius 1 is 1.30 bits per heavy atom. The van der Waals surface area contributed by atoms with Gasteiger partial charge in [0.15, 0.2) is 0 Å². The highest BCUT2D eigenvalue weighted by molar-refractivity contribution is 6.17. The van der Waals surface area contributed by atoms with Crippen LogP contribution >= 0.6 is 11.6 Å². The van der Waals surface area contributed by atoms with Crippen molar-refractivity contribution in [3.63, 3.8) is 0 Å². The van der Waals surface area contributed by atoms with Gasteiger partial charge in [-0.2, -0.15) is 0 Å². The Morgan fingerprint density at radius 2 is 2.05 bits per heavy atom. The quantitative estimate of drug-likeness (QED) is 0.802. The van der Waals surface area contributed by atoms with Crippen molar-refractivity contribution in [1.29, 1.82) is 0 Å². The summed E-state index contributed by atoms with van der Waals surface area (Å²) in [6.45, 7) is 3.12. The van der Waals surface area contributed by atoms with Gasteiger partial charge in [0, 0.05) is 18.0 Å². The van der Waals surface area contributed by atoms with E-state index in [2.05, 4.69) is 12.2 Å². The van der Waals surface area contributed by atoms with Gasteiger partial charge >= 0.3 is 0 Å². The fourth-order valence-electron chi connectivity index (χ4n) is 3.06. The van der Waals surface area contributed by atoms with Crippen LogP contribution in [0.4, 0.5) is 0 Å². The van der Waals surface area contributed by atoms with Gasteiger partial charge in [-0.15, -0.1) is 11.6 Å². The zero-order valence-electron chi connectivity index (χ0n) is 12.2. The van der Waals surface area contributed by atoms with Crippen molar-refractivity contribution in [2.75, 3.05) is 6.54 Å². The molecule has 0 spiro atoms. The Balaban J connectivity index is 1.74. The van der Waals surface area contributed by atoms with Crippen LogP contribution in [-0.4, -0.2) is 12.5 Å². The third kappa shape index (κ3) is 4.52. The molecule has 0 bridgehead atoms. The molecule has 0 saturated heterocycles. The van der Waals surface area contributed by atoms with Crippen molar-refractivity contribution in [2.45, 2.75) is 44.9 Å². The van der Waals surface area contributed by atoms with E-state index in [1.54, 1.807) is 0 Å². The second-order valence-electron chi connectivity index (χ2n) is 6.01. The summed E-state index contributed by atoms with van der Waals surface area (Å²) in [6, 6.07) is 7.50. The van der Waals surface area contributed by atoms with Gasteiger partial charge in [0.25, 0.3) is 5.91 Å². The topological polar surface area (TPSA) is 29.1 Å². The number of alkyl halides is 1. The van der Waals surface area contributed by atoms with E-state index in [0.717, 1.165) is 35.9 Å². The highest BCUT2D eigenvalue weighted by atomic mass is 35.5. The average molecular weight is 294 g/mol. The Labute approximate surface area is 126 Å². The van der Waals surface area contributed by atoms with Gasteiger partial charge in [0.2, 0.25) is 0 Å². The molecule has 0 aromatic heterocycles. The van der Waals surface area contributed by atoms with Gasteiger partial charge in [-0.3, -0.25) is 4.79 Å². The molecule has 20 heavy (non-hydrogen) atoms. The SMILES string of the molecule is CC1CCCC(CCNC(=O)c2ccc(CCl)cc2)C1. The van der Waals surface area contributed by atoms with Gasteiger partial charge in [-0.05, 0) is 42.4 Å². The fraction of sp³-hybridized carbons (Fsp3) is 0.588. The van der Waals surface area contributed by atoms with E-state index in [0.29, 0.717) is 5.88 Å². The molecule has 3 heteroatoms. The van der Waals surface area contributed by atoms with E-state index in [-0.39, 0.29) is 5.91 Å². The minimum atomic E-state index is 0.0231. The molecule has 0 aliphatic heterocycles. The zero-order valence-corrected chi connectivity index (χ0v) is 13.0. The first-order chi connectivity index (χ1) is 9.69. The normalized spacial score (nSPS) is 22.5. The second kappa shape index (κ2) is 7.68. The van der Waals surface area contributed by atoms with E-state index in [1.807, 2.05) is 24.3 Å². The molecule has 1 aliphatic carbocycles. The van der Waals surface area contributed by atoms with Crippen LogP contribution in [0.3, 0.4) is 0 Å². The number of hydrogen-bond donors (Lipinski definition) is 1. The predicted octanol–water partition coefficient (Wildman–Crippen LogP) is 4.37. The summed E-state index contributed by atoms with van der Waals surface area (Å²) in [4.78, 5) is 12.0. The van der Waals surface area contributed by atoms with E-state index >= 15 is 0 Å². The minimum Gasteiger partial charge on any atom is -0.352 e. The maximum Gasteiger partial charge on any atom is 0.251 e. The average Bonchev–Trinajstić information content (AvgIpc) is 2.47. The van der Waals surface area contributed by atoms with E-state index in [1.165, 1.54) is 25.7 Å². The first-order valence-electron chi connectivity index (χ1n) is 7.62. The maximum absolute atomic E-state index is 12.0. The summed E-state index contributed by atoms with van der Waals surface area (Å²) < 4.78 is 0. The second-order valence-corrected chi connectivity index (χ2v) is 6.28. The summed E-state index contributed by atoms with van der Waals surface area (Å²) in [7, 11) is 0. The smallest absolute Gasteiger partial charge is 0.251 e. The standard InChI is InChI=1S/C17H24ClNO/c1-13-3-2-4-14(11-13)9-10-19-17(20)16-7-5-15(12-18)6-8-16/h5-8,13-14H,2-4,9-12H2,1H3,(H,19,20). The Bertz CT molecular complexity index is 429. The first-order valence-corrected chi connectivity index (χ1v) is 8.15. The summed E-state index contributed by atoms with van der Waals surface area (Å²) in [5.41, 5.74) is 1.76. The molecule has 1 N–H and O–H groups in total. The number of carbonyl (C=O) groups is 1. The monoisotopic (exact) mass is 293 g/mol. The Morgan fingerprint density at radius 3 is 2.70 bits per heavy atom. The lowest BCUT2D eigenvalue weighted by atomic mass is 9.81. The molecule has 1 aliphatic rings. The lowest BCUT2D eigenvalue weighted by Crippen LogP contribution is -2.27. The van der Waals surface area contributed by atoms with Gasteiger partial charge < -0.3 is 5.32 Å². The molecule has 110 valence electrons. The summed E-state index contributed by atoms with van der Waals surface area (Å²) in [6.07, 6.45) is 6.47. The summed E-state index contributed by atoms with van der Waals surface area (Å²) in [5, 5.41) is 3.03. The maximum atomic E-state index is 12.0. The van der Waals surface area contributed by atoms with Crippen LogP contribution in [0, 0.1) is 11.8 Å². The third-order valence-corrected chi connectivity index (χ3v) is 4.56. The fourth-order valence-corrected chi connectivity index (χ4v) is 3.24. The number of carbonyl (C=O) groups excluding carboxylic acids is 1. The van der Waals surface area contributed by atoms with E-state index in [4.69, 9.17) is 11.6 Å². The van der Waals surface area contributed by atoms with Crippen molar-refractivity contribution < 1.29 is 4.79 Å². The number of amides is 1. The van der Waals surface area contributed by atoms with Gasteiger partial charge in [-0.25, -0.2) is 0 Å². The van der Waals surface area contributed by atoms with Crippen LogP contribution in [-0.2, 0) is 5.88 Å². The molecule has 1 aromatic rings. The van der Waals surface area contributed by atoms with Crippen molar-refractivity contribution in [3.8, 4) is 0 Å². The van der Waals surface area contributed by atoms with Gasteiger partial charge in [0.05, 0.1) is 0 Å². The number of halogens is 1. The molecular weight excluding hydrogens is 270 g/mol. The molecule has 2 rings (SSSR count). The lowest BCUT2D eigenvalue weighted by molar-refractivity contribution is 0.0949. The molecule has 1 aromatic carbocycles. The molecule has 0 heterocycles. The molecule has 2 unspecified atom stereocenters. The minimum absolute atomic E-state index is 0.0231. The zero-order chi connectivity index (χ0) is 14.4. The highest BCUT2D eigenvalue weighted by Crippen LogP contribution is 2.30. The van der Waals surface area contributed by atoms with Crippen LogP contribution in [0.1, 0.15) is 54.9 Å². The van der Waals surface area contributed by atoms with Gasteiger partial charge in [0.1, 0.15) is 0 Å². The highest BCUT2D eigenvalue weighted by Gasteiger charge is 2.18. The molecule has 2 atom stereocenters. The molecule has 1 fully saturated rings. The summed E-state index contributed by atoms with van der Waals surface area (Å²) >= 11 is 5.74. The third-order valence-electron chi connectivity index (χ3n) is 4.25. The van der Waals surface area contributed by atoms with Crippen LogP contribution in [0.2, 0.25) is 0 Å². The largest absolute Gasteiger partial charge is 0.352 e. The first kappa shape index (κ1) is 15.4. The Kier molecular flexibility index (Phi) is 5.90.